The van der Waals surface area contributed by atoms with Crippen molar-refractivity contribution in [3.05, 3.63) is 28.8 Å². The fourth-order valence-corrected chi connectivity index (χ4v) is 1.58. The first kappa shape index (κ1) is 12.3. The van der Waals surface area contributed by atoms with Gasteiger partial charge in [-0.1, -0.05) is 0 Å². The first-order valence-electron chi connectivity index (χ1n) is 4.63. The molecule has 0 aliphatic heterocycles. The molecule has 84 valence electrons. The smallest absolute Gasteiger partial charge is 0.338 e. The van der Waals surface area contributed by atoms with Gasteiger partial charge in [-0.3, -0.25) is 0 Å². The normalized spacial score (nSPS) is 9.56. The van der Waals surface area contributed by atoms with Crippen LogP contribution in [0.2, 0.25) is 0 Å². The number of hydrogen-bond acceptors (Lipinski definition) is 4. The molecule has 0 radical (unpaired) electrons. The second-order valence-corrected chi connectivity index (χ2v) is 3.25. The Morgan fingerprint density at radius 2 is 2.31 bits per heavy atom. The number of esters is 1. The molecule has 1 rings (SSSR count). The molecule has 0 heterocycles. The van der Waals surface area contributed by atoms with E-state index >= 15 is 0 Å². The fraction of sp³-hybridized carbons (Fsp3) is 0.273. The Bertz CT molecular complexity index is 451. The van der Waals surface area contributed by atoms with Crippen molar-refractivity contribution in [3.8, 4) is 11.8 Å². The van der Waals surface area contributed by atoms with Crippen molar-refractivity contribution >= 4 is 17.6 Å². The summed E-state index contributed by atoms with van der Waals surface area (Å²) < 4.78 is 4.81. The number of alkyl halides is 1. The van der Waals surface area contributed by atoms with Crippen molar-refractivity contribution in [1.29, 1.82) is 5.26 Å². The van der Waals surface area contributed by atoms with Gasteiger partial charge in [-0.2, -0.15) is 5.26 Å². The SMILES string of the molecule is CCOC(=O)c1cc(O)cc(C#N)c1CCl. The van der Waals surface area contributed by atoms with Gasteiger partial charge in [-0.15, -0.1) is 11.6 Å². The average molecular weight is 240 g/mol. The van der Waals surface area contributed by atoms with E-state index in [-0.39, 0.29) is 29.4 Å². The summed E-state index contributed by atoms with van der Waals surface area (Å²) in [5, 5.41) is 18.2. The number of rotatable bonds is 3. The van der Waals surface area contributed by atoms with Gasteiger partial charge < -0.3 is 9.84 Å². The number of aromatic hydroxyl groups is 1. The highest BCUT2D eigenvalue weighted by molar-refractivity contribution is 6.18. The van der Waals surface area contributed by atoms with Gasteiger partial charge in [0.1, 0.15) is 5.75 Å². The predicted octanol–water partition coefficient (Wildman–Crippen LogP) is 2.18. The van der Waals surface area contributed by atoms with E-state index in [4.69, 9.17) is 21.6 Å². The molecule has 1 aromatic rings. The molecule has 0 aromatic heterocycles. The molecule has 0 aliphatic carbocycles. The molecule has 0 unspecified atom stereocenters. The highest BCUT2D eigenvalue weighted by Crippen LogP contribution is 2.23. The maximum absolute atomic E-state index is 11.5. The molecule has 0 amide bonds. The van der Waals surface area contributed by atoms with Crippen molar-refractivity contribution < 1.29 is 14.6 Å². The lowest BCUT2D eigenvalue weighted by atomic mass is 10.0. The lowest BCUT2D eigenvalue weighted by Gasteiger charge is -2.08. The molecule has 0 aliphatic rings. The molecule has 0 bridgehead atoms. The monoisotopic (exact) mass is 239 g/mol. The van der Waals surface area contributed by atoms with Crippen LogP contribution in [0.1, 0.15) is 28.4 Å². The number of phenolic OH excluding ortho intramolecular Hbond substituents is 1. The first-order chi connectivity index (χ1) is 7.63. The largest absolute Gasteiger partial charge is 0.508 e. The second-order valence-electron chi connectivity index (χ2n) is 2.99. The standard InChI is InChI=1S/C11H10ClNO3/c1-2-16-11(15)9-4-8(14)3-7(6-13)10(9)5-12/h3-4,14H,2,5H2,1H3. The number of nitrogens with zero attached hydrogens (tertiary/aromatic N) is 1. The van der Waals surface area contributed by atoms with Gasteiger partial charge in [-0.25, -0.2) is 4.79 Å². The molecule has 0 saturated carbocycles. The predicted molar refractivity (Wildman–Crippen MR) is 58.3 cm³/mol. The van der Waals surface area contributed by atoms with Gasteiger partial charge >= 0.3 is 5.97 Å². The maximum atomic E-state index is 11.5. The number of hydrogen-bond donors (Lipinski definition) is 1. The van der Waals surface area contributed by atoms with Crippen LogP contribution in [0.5, 0.6) is 5.75 Å². The van der Waals surface area contributed by atoms with Crippen LogP contribution < -0.4 is 0 Å². The van der Waals surface area contributed by atoms with Crippen LogP contribution in [0.25, 0.3) is 0 Å². The van der Waals surface area contributed by atoms with Crippen molar-refractivity contribution in [3.63, 3.8) is 0 Å². The topological polar surface area (TPSA) is 70.3 Å². The van der Waals surface area contributed by atoms with Crippen LogP contribution >= 0.6 is 11.6 Å². The van der Waals surface area contributed by atoms with Crippen LogP contribution in [0, 0.1) is 11.3 Å². The zero-order chi connectivity index (χ0) is 12.1. The molecule has 1 aromatic carbocycles. The number of halogens is 1. The Morgan fingerprint density at radius 3 is 2.81 bits per heavy atom. The third-order valence-electron chi connectivity index (χ3n) is 1.98. The van der Waals surface area contributed by atoms with Crippen molar-refractivity contribution in [2.75, 3.05) is 6.61 Å². The number of phenols is 1. The lowest BCUT2D eigenvalue weighted by molar-refractivity contribution is 0.0525. The van der Waals surface area contributed by atoms with E-state index in [1.807, 2.05) is 6.07 Å². The van der Waals surface area contributed by atoms with Gasteiger partial charge in [0.2, 0.25) is 0 Å². The van der Waals surface area contributed by atoms with Gasteiger partial charge in [0, 0.05) is 5.88 Å². The minimum absolute atomic E-state index is 0.0112. The van der Waals surface area contributed by atoms with Crippen molar-refractivity contribution in [2.24, 2.45) is 0 Å². The Kier molecular flexibility index (Phi) is 4.15. The number of carbonyl (C=O) groups excluding carboxylic acids is 1. The average Bonchev–Trinajstić information content (AvgIpc) is 2.28. The summed E-state index contributed by atoms with van der Waals surface area (Å²) >= 11 is 5.67. The van der Waals surface area contributed by atoms with Crippen LogP contribution in [0.3, 0.4) is 0 Å². The minimum Gasteiger partial charge on any atom is -0.508 e. The van der Waals surface area contributed by atoms with Gasteiger partial charge in [0.15, 0.2) is 0 Å². The van der Waals surface area contributed by atoms with Gasteiger partial charge in [-0.05, 0) is 24.6 Å². The first-order valence-corrected chi connectivity index (χ1v) is 5.16. The van der Waals surface area contributed by atoms with Crippen LogP contribution in [-0.2, 0) is 10.6 Å². The summed E-state index contributed by atoms with van der Waals surface area (Å²) in [6.45, 7) is 1.89. The second kappa shape index (κ2) is 5.38. The van der Waals surface area contributed by atoms with Crippen LogP contribution in [-0.4, -0.2) is 17.7 Å². The Labute approximate surface area is 98.0 Å². The molecule has 0 atom stereocenters. The van der Waals surface area contributed by atoms with E-state index in [0.717, 1.165) is 0 Å². The highest BCUT2D eigenvalue weighted by atomic mass is 35.5. The highest BCUT2D eigenvalue weighted by Gasteiger charge is 2.17. The van der Waals surface area contributed by atoms with E-state index in [2.05, 4.69) is 0 Å². The van der Waals surface area contributed by atoms with Gasteiger partial charge in [0.25, 0.3) is 0 Å². The summed E-state index contributed by atoms with van der Waals surface area (Å²) in [4.78, 5) is 11.5. The Morgan fingerprint density at radius 1 is 1.62 bits per heavy atom. The molecule has 16 heavy (non-hydrogen) atoms. The minimum atomic E-state index is -0.592. The maximum Gasteiger partial charge on any atom is 0.338 e. The molecule has 5 heteroatoms. The molecule has 1 N–H and O–H groups in total. The van der Waals surface area contributed by atoms with Crippen LogP contribution in [0.15, 0.2) is 12.1 Å². The zero-order valence-corrected chi connectivity index (χ0v) is 9.41. The molecule has 0 spiro atoms. The summed E-state index contributed by atoms with van der Waals surface area (Å²) in [7, 11) is 0. The van der Waals surface area contributed by atoms with Crippen molar-refractivity contribution in [2.45, 2.75) is 12.8 Å². The van der Waals surface area contributed by atoms with E-state index in [0.29, 0.717) is 5.56 Å². The van der Waals surface area contributed by atoms with E-state index < -0.39 is 5.97 Å². The summed E-state index contributed by atoms with van der Waals surface area (Å²) in [6, 6.07) is 4.38. The number of carbonyl (C=O) groups is 1. The molecule has 0 saturated heterocycles. The Hall–Kier alpha value is -1.73. The quantitative estimate of drug-likeness (QED) is 0.648. The number of benzene rings is 1. The molecular weight excluding hydrogens is 230 g/mol. The van der Waals surface area contributed by atoms with E-state index in [9.17, 15) is 9.90 Å². The lowest BCUT2D eigenvalue weighted by Crippen LogP contribution is -2.08. The Balaban J connectivity index is 3.32. The van der Waals surface area contributed by atoms with E-state index in [1.54, 1.807) is 6.92 Å². The fourth-order valence-electron chi connectivity index (χ4n) is 1.29. The molecule has 0 fully saturated rings. The van der Waals surface area contributed by atoms with Crippen LogP contribution in [0.4, 0.5) is 0 Å². The zero-order valence-electron chi connectivity index (χ0n) is 8.66. The van der Waals surface area contributed by atoms with Crippen molar-refractivity contribution in [1.82, 2.24) is 0 Å². The summed E-state index contributed by atoms with van der Waals surface area (Å²) in [5.74, 6) is -0.740. The summed E-state index contributed by atoms with van der Waals surface area (Å²) in [6.07, 6.45) is 0. The van der Waals surface area contributed by atoms with E-state index in [1.165, 1.54) is 12.1 Å². The third kappa shape index (κ3) is 2.44. The third-order valence-corrected chi connectivity index (χ3v) is 2.25. The molecular formula is C11H10ClNO3. The summed E-state index contributed by atoms with van der Waals surface area (Å²) in [5.41, 5.74) is 0.687. The molecule has 4 nitrogen and oxygen atoms in total. The van der Waals surface area contributed by atoms with Gasteiger partial charge in [0.05, 0.1) is 23.8 Å². The number of nitriles is 1. The number of ether oxygens (including phenoxy) is 1.